The maximum Gasteiger partial charge on any atom is 0.224 e. The Labute approximate surface area is 83.9 Å². The average molecular weight is 242 g/mol. The summed E-state index contributed by atoms with van der Waals surface area (Å²) in [7, 11) is 0. The molecule has 0 fully saturated rings. The molecular weight excluding hydrogens is 234 g/mol. The van der Waals surface area contributed by atoms with Crippen molar-refractivity contribution in [2.45, 2.75) is 12.8 Å². The van der Waals surface area contributed by atoms with Gasteiger partial charge in [-0.25, -0.2) is 0 Å². The number of aromatic hydroxyl groups is 1. The number of anilines is 1. The SMILES string of the molecule is O=C1CCc2c(O)ccc(Br)c2N1. The van der Waals surface area contributed by atoms with E-state index >= 15 is 0 Å². The van der Waals surface area contributed by atoms with E-state index in [4.69, 9.17) is 0 Å². The van der Waals surface area contributed by atoms with Gasteiger partial charge in [0.25, 0.3) is 0 Å². The number of hydrogen-bond donors (Lipinski definition) is 2. The van der Waals surface area contributed by atoms with E-state index in [-0.39, 0.29) is 11.7 Å². The highest BCUT2D eigenvalue weighted by Crippen LogP contribution is 2.36. The number of carbonyl (C=O) groups is 1. The van der Waals surface area contributed by atoms with Crippen molar-refractivity contribution >= 4 is 27.5 Å². The molecule has 0 bridgehead atoms. The quantitative estimate of drug-likeness (QED) is 0.731. The summed E-state index contributed by atoms with van der Waals surface area (Å²) in [6, 6.07) is 3.35. The van der Waals surface area contributed by atoms with Crippen LogP contribution in [0.15, 0.2) is 16.6 Å². The highest BCUT2D eigenvalue weighted by Gasteiger charge is 2.19. The van der Waals surface area contributed by atoms with Crippen LogP contribution < -0.4 is 5.32 Å². The summed E-state index contributed by atoms with van der Waals surface area (Å²) in [5.41, 5.74) is 1.52. The summed E-state index contributed by atoms with van der Waals surface area (Å²) in [5.74, 6) is 0.247. The summed E-state index contributed by atoms with van der Waals surface area (Å²) < 4.78 is 0.813. The lowest BCUT2D eigenvalue weighted by atomic mass is 10.0. The molecule has 0 aromatic heterocycles. The van der Waals surface area contributed by atoms with E-state index in [9.17, 15) is 9.90 Å². The molecule has 2 N–H and O–H groups in total. The van der Waals surface area contributed by atoms with Crippen molar-refractivity contribution in [3.63, 3.8) is 0 Å². The van der Waals surface area contributed by atoms with Gasteiger partial charge in [-0.1, -0.05) is 0 Å². The van der Waals surface area contributed by atoms with Crippen LogP contribution in [0.2, 0.25) is 0 Å². The molecule has 1 aliphatic heterocycles. The van der Waals surface area contributed by atoms with Crippen LogP contribution >= 0.6 is 15.9 Å². The minimum Gasteiger partial charge on any atom is -0.508 e. The van der Waals surface area contributed by atoms with Gasteiger partial charge < -0.3 is 10.4 Å². The van der Waals surface area contributed by atoms with E-state index in [2.05, 4.69) is 21.2 Å². The van der Waals surface area contributed by atoms with E-state index < -0.39 is 0 Å². The number of fused-ring (bicyclic) bond motifs is 1. The van der Waals surface area contributed by atoms with Gasteiger partial charge in [-0.05, 0) is 34.5 Å². The first-order valence-electron chi connectivity index (χ1n) is 3.98. The monoisotopic (exact) mass is 241 g/mol. The van der Waals surface area contributed by atoms with Crippen LogP contribution in [0.1, 0.15) is 12.0 Å². The van der Waals surface area contributed by atoms with Crippen molar-refractivity contribution in [1.82, 2.24) is 0 Å². The Morgan fingerprint density at radius 2 is 2.15 bits per heavy atom. The lowest BCUT2D eigenvalue weighted by Gasteiger charge is -2.18. The van der Waals surface area contributed by atoms with Crippen molar-refractivity contribution < 1.29 is 9.90 Å². The topological polar surface area (TPSA) is 49.3 Å². The summed E-state index contributed by atoms with van der Waals surface area (Å²) in [4.78, 5) is 11.1. The number of nitrogens with one attached hydrogen (secondary N) is 1. The molecule has 0 radical (unpaired) electrons. The zero-order chi connectivity index (χ0) is 9.42. The Bertz CT molecular complexity index is 376. The highest BCUT2D eigenvalue weighted by molar-refractivity contribution is 9.10. The lowest BCUT2D eigenvalue weighted by Crippen LogP contribution is -2.19. The molecule has 2 rings (SSSR count). The number of amides is 1. The number of hydrogen-bond acceptors (Lipinski definition) is 2. The summed E-state index contributed by atoms with van der Waals surface area (Å²) >= 11 is 3.32. The molecule has 1 aromatic rings. The number of benzene rings is 1. The molecule has 0 aliphatic carbocycles. The lowest BCUT2D eigenvalue weighted by molar-refractivity contribution is -0.116. The fraction of sp³-hybridized carbons (Fsp3) is 0.222. The minimum atomic E-state index is -0.00111. The molecule has 3 nitrogen and oxygen atoms in total. The van der Waals surface area contributed by atoms with Gasteiger partial charge >= 0.3 is 0 Å². The minimum absolute atomic E-state index is 0.00111. The third-order valence-electron chi connectivity index (χ3n) is 2.10. The average Bonchev–Trinajstić information content (AvgIpc) is 2.12. The molecule has 1 aromatic carbocycles. The molecule has 68 valence electrons. The molecule has 0 spiro atoms. The van der Waals surface area contributed by atoms with Gasteiger partial charge in [0.1, 0.15) is 5.75 Å². The Hall–Kier alpha value is -1.03. The number of carbonyl (C=O) groups excluding carboxylic acids is 1. The predicted molar refractivity (Wildman–Crippen MR) is 52.8 cm³/mol. The number of phenolic OH excluding ortho intramolecular Hbond substituents is 1. The second kappa shape index (κ2) is 3.03. The molecule has 0 saturated heterocycles. The van der Waals surface area contributed by atoms with Crippen LogP contribution in [0.5, 0.6) is 5.75 Å². The second-order valence-corrected chi connectivity index (χ2v) is 3.82. The van der Waals surface area contributed by atoms with E-state index in [0.717, 1.165) is 10.0 Å². The molecule has 1 heterocycles. The fourth-order valence-electron chi connectivity index (χ4n) is 1.44. The van der Waals surface area contributed by atoms with E-state index in [1.807, 2.05) is 0 Å². The third-order valence-corrected chi connectivity index (χ3v) is 2.76. The van der Waals surface area contributed by atoms with Crippen LogP contribution in [0.3, 0.4) is 0 Å². The normalized spacial score (nSPS) is 15.0. The Morgan fingerprint density at radius 1 is 1.38 bits per heavy atom. The van der Waals surface area contributed by atoms with Crippen LogP contribution in [-0.4, -0.2) is 11.0 Å². The first-order chi connectivity index (χ1) is 6.18. The zero-order valence-corrected chi connectivity index (χ0v) is 8.39. The Balaban J connectivity index is 2.57. The predicted octanol–water partition coefficient (Wildman–Crippen LogP) is 2.04. The third kappa shape index (κ3) is 1.42. The summed E-state index contributed by atoms with van der Waals surface area (Å²) in [6.45, 7) is 0. The van der Waals surface area contributed by atoms with Crippen LogP contribution in [0, 0.1) is 0 Å². The molecule has 0 unspecified atom stereocenters. The molecular formula is C9H8BrNO2. The fourth-order valence-corrected chi connectivity index (χ4v) is 1.91. The molecule has 1 amide bonds. The standard InChI is InChI=1S/C9H8BrNO2/c10-6-2-3-7(12)5-1-4-8(13)11-9(5)6/h2-3,12H,1,4H2,(H,11,13). The maximum absolute atomic E-state index is 11.1. The van der Waals surface area contributed by atoms with Gasteiger partial charge in [0.15, 0.2) is 0 Å². The Kier molecular flexibility index (Phi) is 2.00. The summed E-state index contributed by atoms with van der Waals surface area (Å²) in [6.07, 6.45) is 1.05. The second-order valence-electron chi connectivity index (χ2n) is 2.97. The van der Waals surface area contributed by atoms with Crippen LogP contribution in [-0.2, 0) is 11.2 Å². The number of halogens is 1. The van der Waals surface area contributed by atoms with Gasteiger partial charge in [0, 0.05) is 16.5 Å². The molecule has 13 heavy (non-hydrogen) atoms. The van der Waals surface area contributed by atoms with E-state index in [0.29, 0.717) is 18.5 Å². The van der Waals surface area contributed by atoms with Crippen LogP contribution in [0.25, 0.3) is 0 Å². The number of rotatable bonds is 0. The Morgan fingerprint density at radius 3 is 2.92 bits per heavy atom. The van der Waals surface area contributed by atoms with Crippen molar-refractivity contribution in [3.8, 4) is 5.75 Å². The van der Waals surface area contributed by atoms with Crippen LogP contribution in [0.4, 0.5) is 5.69 Å². The van der Waals surface area contributed by atoms with Crippen molar-refractivity contribution in [3.05, 3.63) is 22.2 Å². The first kappa shape index (κ1) is 8.56. The van der Waals surface area contributed by atoms with Gasteiger partial charge in [-0.3, -0.25) is 4.79 Å². The smallest absolute Gasteiger partial charge is 0.224 e. The van der Waals surface area contributed by atoms with Crippen molar-refractivity contribution in [2.24, 2.45) is 0 Å². The highest BCUT2D eigenvalue weighted by atomic mass is 79.9. The first-order valence-corrected chi connectivity index (χ1v) is 4.78. The largest absolute Gasteiger partial charge is 0.508 e. The molecule has 0 saturated carbocycles. The zero-order valence-electron chi connectivity index (χ0n) is 6.80. The van der Waals surface area contributed by atoms with Gasteiger partial charge in [0.2, 0.25) is 5.91 Å². The molecule has 0 atom stereocenters. The van der Waals surface area contributed by atoms with E-state index in [1.54, 1.807) is 12.1 Å². The van der Waals surface area contributed by atoms with Gasteiger partial charge in [-0.15, -0.1) is 0 Å². The van der Waals surface area contributed by atoms with Gasteiger partial charge in [-0.2, -0.15) is 0 Å². The number of phenols is 1. The maximum atomic E-state index is 11.1. The summed E-state index contributed by atoms with van der Waals surface area (Å²) in [5, 5.41) is 12.2. The molecule has 4 heteroatoms. The molecule has 1 aliphatic rings. The van der Waals surface area contributed by atoms with E-state index in [1.165, 1.54) is 0 Å². The van der Waals surface area contributed by atoms with Crippen molar-refractivity contribution in [2.75, 3.05) is 5.32 Å². The van der Waals surface area contributed by atoms with Gasteiger partial charge in [0.05, 0.1) is 5.69 Å². The van der Waals surface area contributed by atoms with Crippen molar-refractivity contribution in [1.29, 1.82) is 0 Å².